The fourth-order valence-electron chi connectivity index (χ4n) is 7.22. The Labute approximate surface area is 458 Å². The number of phosphoric ester groups is 1. The van der Waals surface area contributed by atoms with E-state index >= 15 is 0 Å². The maximum absolute atomic E-state index is 12.7. The van der Waals surface area contributed by atoms with Gasteiger partial charge >= 0.3 is 19.8 Å². The van der Waals surface area contributed by atoms with Gasteiger partial charge in [0.1, 0.15) is 6.61 Å². The number of phosphoric acid groups is 1. The number of allylic oxidation sites excluding steroid dienone is 26. The molecular formula is C65H104NO8P. The molecular weight excluding hydrogens is 954 g/mol. The lowest BCUT2D eigenvalue weighted by Crippen LogP contribution is -2.29. The van der Waals surface area contributed by atoms with Gasteiger partial charge in [-0.15, -0.1) is 0 Å². The third kappa shape index (κ3) is 58.7. The maximum atomic E-state index is 12.7. The molecule has 0 aliphatic rings. The van der Waals surface area contributed by atoms with Crippen LogP contribution >= 0.6 is 7.82 Å². The second kappa shape index (κ2) is 58.9. The predicted octanol–water partition coefficient (Wildman–Crippen LogP) is 18.5. The lowest BCUT2D eigenvalue weighted by atomic mass is 10.0. The lowest BCUT2D eigenvalue weighted by Gasteiger charge is -2.19. The molecule has 0 aromatic carbocycles. The van der Waals surface area contributed by atoms with Crippen LogP contribution < -0.4 is 5.73 Å². The Morgan fingerprint density at radius 1 is 0.400 bits per heavy atom. The van der Waals surface area contributed by atoms with Crippen LogP contribution in [-0.4, -0.2) is 49.3 Å². The molecule has 75 heavy (non-hydrogen) atoms. The molecule has 0 spiro atoms. The summed E-state index contributed by atoms with van der Waals surface area (Å²) in [6.07, 6.45) is 86.0. The zero-order chi connectivity index (χ0) is 54.5. The van der Waals surface area contributed by atoms with Crippen molar-refractivity contribution in [1.82, 2.24) is 0 Å². The number of ether oxygens (including phenoxy) is 2. The van der Waals surface area contributed by atoms with Gasteiger partial charge < -0.3 is 20.1 Å². The molecule has 0 saturated carbocycles. The summed E-state index contributed by atoms with van der Waals surface area (Å²) in [7, 11) is -4.41. The molecule has 2 unspecified atom stereocenters. The van der Waals surface area contributed by atoms with Gasteiger partial charge in [-0.3, -0.25) is 18.6 Å². The lowest BCUT2D eigenvalue weighted by molar-refractivity contribution is -0.161. The largest absolute Gasteiger partial charge is 0.472 e. The predicted molar refractivity (Wildman–Crippen MR) is 320 cm³/mol. The van der Waals surface area contributed by atoms with Crippen LogP contribution in [0.25, 0.3) is 0 Å². The zero-order valence-corrected chi connectivity index (χ0v) is 47.9. The van der Waals surface area contributed by atoms with Crippen molar-refractivity contribution in [2.45, 2.75) is 213 Å². The van der Waals surface area contributed by atoms with E-state index in [1.165, 1.54) is 51.4 Å². The van der Waals surface area contributed by atoms with E-state index in [2.05, 4.69) is 166 Å². The van der Waals surface area contributed by atoms with Gasteiger partial charge in [0.25, 0.3) is 0 Å². The first kappa shape index (κ1) is 70.6. The molecule has 10 heteroatoms. The SMILES string of the molecule is CC/C=C\C/C=C\C/C=C\C/C=C\C/C=C\C/C=C\C/C=C\C/C=C\CCCCCCCCCCCCCCC(=O)OC(COC(=O)CCC/C=C\C/C=C\C/C=C\C/C=C\C/C=C\CC)COP(=O)(O)OCCN. The fourth-order valence-corrected chi connectivity index (χ4v) is 7.98. The zero-order valence-electron chi connectivity index (χ0n) is 47.0. The van der Waals surface area contributed by atoms with E-state index in [1.54, 1.807) is 0 Å². The van der Waals surface area contributed by atoms with E-state index in [9.17, 15) is 19.0 Å². The average molecular weight is 1060 g/mol. The van der Waals surface area contributed by atoms with E-state index in [1.807, 2.05) is 6.08 Å². The van der Waals surface area contributed by atoms with E-state index in [4.69, 9.17) is 24.3 Å². The highest BCUT2D eigenvalue weighted by Crippen LogP contribution is 2.43. The third-order valence-corrected chi connectivity index (χ3v) is 12.4. The summed E-state index contributed by atoms with van der Waals surface area (Å²) in [6, 6.07) is 0. The second-order valence-electron chi connectivity index (χ2n) is 18.4. The van der Waals surface area contributed by atoms with Gasteiger partial charge in [-0.25, -0.2) is 4.57 Å². The molecule has 0 heterocycles. The minimum Gasteiger partial charge on any atom is -0.462 e. The molecule has 0 radical (unpaired) electrons. The van der Waals surface area contributed by atoms with Gasteiger partial charge in [0.05, 0.1) is 13.2 Å². The molecule has 3 N–H and O–H groups in total. The summed E-state index contributed by atoms with van der Waals surface area (Å²) in [5.74, 6) is -0.910. The van der Waals surface area contributed by atoms with Gasteiger partial charge in [-0.2, -0.15) is 0 Å². The molecule has 0 bridgehead atoms. The van der Waals surface area contributed by atoms with Gasteiger partial charge in [0.15, 0.2) is 6.10 Å². The van der Waals surface area contributed by atoms with Crippen molar-refractivity contribution in [3.05, 3.63) is 158 Å². The number of hydrogen-bond acceptors (Lipinski definition) is 8. The topological polar surface area (TPSA) is 134 Å². The molecule has 0 aliphatic heterocycles. The third-order valence-electron chi connectivity index (χ3n) is 11.4. The number of carbonyl (C=O) groups is 2. The monoisotopic (exact) mass is 1060 g/mol. The number of carbonyl (C=O) groups excluding carboxylic acids is 2. The van der Waals surface area contributed by atoms with Crippen molar-refractivity contribution in [3.63, 3.8) is 0 Å². The number of hydrogen-bond donors (Lipinski definition) is 2. The summed E-state index contributed by atoms with van der Waals surface area (Å²) in [5, 5.41) is 0. The Balaban J connectivity index is 4.02. The minimum absolute atomic E-state index is 0.0376. The Morgan fingerprint density at radius 3 is 1.07 bits per heavy atom. The molecule has 0 saturated heterocycles. The first-order valence-corrected chi connectivity index (χ1v) is 30.5. The second-order valence-corrected chi connectivity index (χ2v) is 19.8. The molecule has 9 nitrogen and oxygen atoms in total. The van der Waals surface area contributed by atoms with Crippen molar-refractivity contribution >= 4 is 19.8 Å². The summed E-state index contributed by atoms with van der Waals surface area (Å²) in [6.45, 7) is 3.42. The molecule has 0 rings (SSSR count). The van der Waals surface area contributed by atoms with Crippen LogP contribution in [0.4, 0.5) is 0 Å². The molecule has 0 amide bonds. The highest BCUT2D eigenvalue weighted by molar-refractivity contribution is 7.47. The van der Waals surface area contributed by atoms with Crippen LogP contribution in [0.15, 0.2) is 158 Å². The van der Waals surface area contributed by atoms with Crippen molar-refractivity contribution in [2.24, 2.45) is 5.73 Å². The fraction of sp³-hybridized carbons (Fsp3) is 0.569. The Bertz CT molecular complexity index is 1780. The summed E-state index contributed by atoms with van der Waals surface area (Å²) in [4.78, 5) is 35.1. The molecule has 0 aliphatic carbocycles. The molecule has 0 aromatic heterocycles. The van der Waals surface area contributed by atoms with Crippen molar-refractivity contribution in [1.29, 1.82) is 0 Å². The van der Waals surface area contributed by atoms with Gasteiger partial charge in [0.2, 0.25) is 0 Å². The van der Waals surface area contributed by atoms with Crippen LogP contribution in [0.5, 0.6) is 0 Å². The van der Waals surface area contributed by atoms with Crippen LogP contribution in [-0.2, 0) is 32.7 Å². The first-order chi connectivity index (χ1) is 36.8. The van der Waals surface area contributed by atoms with E-state index in [0.717, 1.165) is 116 Å². The Morgan fingerprint density at radius 2 is 0.707 bits per heavy atom. The summed E-state index contributed by atoms with van der Waals surface area (Å²) >= 11 is 0. The highest BCUT2D eigenvalue weighted by Gasteiger charge is 2.26. The summed E-state index contributed by atoms with van der Waals surface area (Å²) < 4.78 is 32.9. The number of rotatable bonds is 52. The molecule has 2 atom stereocenters. The van der Waals surface area contributed by atoms with Gasteiger partial charge in [-0.1, -0.05) is 236 Å². The van der Waals surface area contributed by atoms with Gasteiger partial charge in [0, 0.05) is 19.4 Å². The van der Waals surface area contributed by atoms with Gasteiger partial charge in [-0.05, 0) is 116 Å². The van der Waals surface area contributed by atoms with Crippen LogP contribution in [0, 0.1) is 0 Å². The number of nitrogens with two attached hydrogens (primary N) is 1. The molecule has 0 aromatic rings. The number of unbranched alkanes of at least 4 members (excludes halogenated alkanes) is 13. The van der Waals surface area contributed by atoms with E-state index in [0.29, 0.717) is 12.8 Å². The quantitative estimate of drug-likeness (QED) is 0.0264. The van der Waals surface area contributed by atoms with Crippen LogP contribution in [0.1, 0.15) is 206 Å². The Kier molecular flexibility index (Phi) is 55.5. The van der Waals surface area contributed by atoms with Crippen LogP contribution in [0.3, 0.4) is 0 Å². The first-order valence-electron chi connectivity index (χ1n) is 29.0. The average Bonchev–Trinajstić information content (AvgIpc) is 3.40. The van der Waals surface area contributed by atoms with Crippen molar-refractivity contribution in [3.8, 4) is 0 Å². The summed E-state index contributed by atoms with van der Waals surface area (Å²) in [5.41, 5.74) is 5.37. The molecule has 0 fully saturated rings. The minimum atomic E-state index is -4.41. The standard InChI is InChI=1S/C65H104NO8P/c1-3-5-7-9-11-13-15-17-19-21-22-23-24-25-26-27-28-29-30-31-32-33-34-35-36-37-38-39-40-42-44-46-48-50-52-54-56-58-65(68)74-63(62-73-75(69,70)72-60-59-66)61-71-64(67)57-55-53-51-49-47-45-43-41-20-18-16-14-12-10-8-6-4-2/h5-8,11-14,17-20,22-23,25-26,28-29,31-32,34-35,43,45,49,51,63H,3-4,9-10,15-16,21,24,27,30,33,36-42,44,46-48,50,52-62,66H2,1-2H3,(H,69,70)/b7-5-,8-6-,13-11-,14-12-,19-17-,20-18-,23-22-,26-25-,29-28-,32-31-,35-34-,45-43-,51-49-. The van der Waals surface area contributed by atoms with E-state index in [-0.39, 0.29) is 32.6 Å². The molecule has 422 valence electrons. The van der Waals surface area contributed by atoms with Crippen molar-refractivity contribution < 1.29 is 37.6 Å². The van der Waals surface area contributed by atoms with Crippen LogP contribution in [0.2, 0.25) is 0 Å². The maximum Gasteiger partial charge on any atom is 0.472 e. The normalized spacial score (nSPS) is 14.2. The highest BCUT2D eigenvalue weighted by atomic mass is 31.2. The number of esters is 2. The van der Waals surface area contributed by atoms with E-state index < -0.39 is 32.5 Å². The Hall–Kier alpha value is -4.37. The van der Waals surface area contributed by atoms with Crippen molar-refractivity contribution in [2.75, 3.05) is 26.4 Å². The smallest absolute Gasteiger partial charge is 0.462 e.